The third-order valence-corrected chi connectivity index (χ3v) is 1.22. The van der Waals surface area contributed by atoms with Crippen molar-refractivity contribution in [2.75, 3.05) is 0 Å². The van der Waals surface area contributed by atoms with Crippen molar-refractivity contribution in [2.24, 2.45) is 11.8 Å². The van der Waals surface area contributed by atoms with Crippen LogP contribution >= 0.6 is 0 Å². The Kier molecular flexibility index (Phi) is 4.76. The first kappa shape index (κ1) is 9.30. The lowest BCUT2D eigenvalue weighted by atomic mass is 10.1. The molecule has 0 aliphatic heterocycles. The molecule has 10 heavy (non-hydrogen) atoms. The first-order valence-corrected chi connectivity index (χ1v) is 3.77. The van der Waals surface area contributed by atoms with Gasteiger partial charge in [0.05, 0.1) is 0 Å². The maximum absolute atomic E-state index is 3.69. The quantitative estimate of drug-likeness (QED) is 0.404. The van der Waals surface area contributed by atoms with Crippen molar-refractivity contribution in [2.45, 2.75) is 27.2 Å². The van der Waals surface area contributed by atoms with E-state index in [1.54, 1.807) is 0 Å². The first-order chi connectivity index (χ1) is 4.66. The Morgan fingerprint density at radius 1 is 1.40 bits per heavy atom. The van der Waals surface area contributed by atoms with E-state index in [-0.39, 0.29) is 0 Å². The summed E-state index contributed by atoms with van der Waals surface area (Å²) in [5.41, 5.74) is 0. The summed E-state index contributed by atoms with van der Waals surface area (Å²) >= 11 is 0. The summed E-state index contributed by atoms with van der Waals surface area (Å²) in [5, 5.41) is 0. The van der Waals surface area contributed by atoms with Crippen LogP contribution in [0.4, 0.5) is 0 Å². The van der Waals surface area contributed by atoms with Gasteiger partial charge >= 0.3 is 0 Å². The van der Waals surface area contributed by atoms with Crippen LogP contribution in [0.15, 0.2) is 12.7 Å². The molecule has 0 bridgehead atoms. The van der Waals surface area contributed by atoms with E-state index in [1.165, 1.54) is 0 Å². The zero-order chi connectivity index (χ0) is 7.98. The average Bonchev–Trinajstić information content (AvgIpc) is 1.87. The van der Waals surface area contributed by atoms with E-state index < -0.39 is 0 Å². The van der Waals surface area contributed by atoms with Crippen LogP contribution in [0.25, 0.3) is 0 Å². The Morgan fingerprint density at radius 3 is 2.40 bits per heavy atom. The Morgan fingerprint density at radius 2 is 2.00 bits per heavy atom. The summed E-state index contributed by atoms with van der Waals surface area (Å²) in [7, 11) is 0. The van der Waals surface area contributed by atoms with Crippen LogP contribution in [0.3, 0.4) is 0 Å². The van der Waals surface area contributed by atoms with Gasteiger partial charge in [-0.25, -0.2) is 0 Å². The molecule has 0 heterocycles. The number of rotatable bonds is 2. The van der Waals surface area contributed by atoms with Crippen molar-refractivity contribution in [3.8, 4) is 11.8 Å². The zero-order valence-electron chi connectivity index (χ0n) is 7.15. The molecule has 1 atom stereocenters. The van der Waals surface area contributed by atoms with Crippen LogP contribution in [-0.4, -0.2) is 0 Å². The highest BCUT2D eigenvalue weighted by atomic mass is 13.9. The first-order valence-electron chi connectivity index (χ1n) is 3.77. The molecule has 0 aromatic heterocycles. The number of hydrogen-bond acceptors (Lipinski definition) is 0. The molecular weight excluding hydrogens is 120 g/mol. The second-order valence-electron chi connectivity index (χ2n) is 2.89. The van der Waals surface area contributed by atoms with Gasteiger partial charge in [0.25, 0.3) is 0 Å². The average molecular weight is 136 g/mol. The van der Waals surface area contributed by atoms with Crippen LogP contribution < -0.4 is 0 Å². The van der Waals surface area contributed by atoms with Crippen molar-refractivity contribution >= 4 is 0 Å². The van der Waals surface area contributed by atoms with Crippen LogP contribution in [0, 0.1) is 23.7 Å². The molecule has 0 aliphatic carbocycles. The molecule has 56 valence electrons. The van der Waals surface area contributed by atoms with Gasteiger partial charge in [-0.2, -0.15) is 0 Å². The highest BCUT2D eigenvalue weighted by molar-refractivity contribution is 5.03. The van der Waals surface area contributed by atoms with Crippen LogP contribution in [-0.2, 0) is 0 Å². The molecule has 0 amide bonds. The fraction of sp³-hybridized carbons (Fsp3) is 0.600. The van der Waals surface area contributed by atoms with Crippen molar-refractivity contribution in [1.82, 2.24) is 0 Å². The molecule has 0 aromatic rings. The molecule has 0 aliphatic rings. The SMILES string of the molecule is C=CC(C)CC#CC(C)C. The second kappa shape index (κ2) is 5.11. The van der Waals surface area contributed by atoms with Gasteiger partial charge in [-0.1, -0.05) is 26.8 Å². The van der Waals surface area contributed by atoms with E-state index in [1.807, 2.05) is 6.08 Å². The molecular formula is C10H16. The Labute approximate surface area is 64.3 Å². The molecule has 0 rings (SSSR count). The third kappa shape index (κ3) is 5.44. The fourth-order valence-electron chi connectivity index (χ4n) is 0.507. The van der Waals surface area contributed by atoms with Gasteiger partial charge in [-0.05, 0) is 5.92 Å². The van der Waals surface area contributed by atoms with Gasteiger partial charge in [0.2, 0.25) is 0 Å². The standard InChI is InChI=1S/C10H16/c1-5-10(4)8-6-7-9(2)3/h5,9-10H,1,8H2,2-4H3. The van der Waals surface area contributed by atoms with Gasteiger partial charge in [-0.15, -0.1) is 18.4 Å². The van der Waals surface area contributed by atoms with E-state index in [4.69, 9.17) is 0 Å². The maximum Gasteiger partial charge on any atom is 0.0149 e. The van der Waals surface area contributed by atoms with Crippen molar-refractivity contribution in [1.29, 1.82) is 0 Å². The van der Waals surface area contributed by atoms with Crippen LogP contribution in [0.2, 0.25) is 0 Å². The summed E-state index contributed by atoms with van der Waals surface area (Å²) in [6, 6.07) is 0. The largest absolute Gasteiger partial charge is 0.103 e. The fourth-order valence-corrected chi connectivity index (χ4v) is 0.507. The highest BCUT2D eigenvalue weighted by Gasteiger charge is 1.89. The molecule has 0 radical (unpaired) electrons. The van der Waals surface area contributed by atoms with Crippen LogP contribution in [0.1, 0.15) is 27.2 Å². The molecule has 1 unspecified atom stereocenters. The lowest BCUT2D eigenvalue weighted by molar-refractivity contribution is 0.757. The second-order valence-corrected chi connectivity index (χ2v) is 2.89. The Bertz CT molecular complexity index is 143. The predicted molar refractivity (Wildman–Crippen MR) is 46.6 cm³/mol. The van der Waals surface area contributed by atoms with E-state index in [2.05, 4.69) is 39.2 Å². The van der Waals surface area contributed by atoms with Crippen molar-refractivity contribution in [3.05, 3.63) is 12.7 Å². The molecule has 0 spiro atoms. The van der Waals surface area contributed by atoms with Gasteiger partial charge in [0, 0.05) is 12.3 Å². The molecule has 0 saturated heterocycles. The zero-order valence-corrected chi connectivity index (χ0v) is 7.15. The maximum atomic E-state index is 3.69. The molecule has 0 heteroatoms. The van der Waals surface area contributed by atoms with E-state index in [9.17, 15) is 0 Å². The predicted octanol–water partition coefficient (Wildman–Crippen LogP) is 2.86. The minimum Gasteiger partial charge on any atom is -0.103 e. The lowest BCUT2D eigenvalue weighted by Crippen LogP contribution is -1.85. The Hall–Kier alpha value is -0.700. The highest BCUT2D eigenvalue weighted by Crippen LogP contribution is 2.00. The van der Waals surface area contributed by atoms with Gasteiger partial charge in [0.1, 0.15) is 0 Å². The van der Waals surface area contributed by atoms with E-state index in [0.717, 1.165) is 6.42 Å². The molecule has 0 fully saturated rings. The summed E-state index contributed by atoms with van der Waals surface area (Å²) in [4.78, 5) is 0. The Balaban J connectivity index is 3.54. The molecule has 0 aromatic carbocycles. The van der Waals surface area contributed by atoms with E-state index in [0.29, 0.717) is 11.8 Å². The monoisotopic (exact) mass is 136 g/mol. The third-order valence-electron chi connectivity index (χ3n) is 1.22. The number of allylic oxidation sites excluding steroid dienone is 1. The topological polar surface area (TPSA) is 0 Å². The molecule has 0 saturated carbocycles. The summed E-state index contributed by atoms with van der Waals surface area (Å²) in [6.45, 7) is 10.0. The van der Waals surface area contributed by atoms with Gasteiger partial charge in [0.15, 0.2) is 0 Å². The van der Waals surface area contributed by atoms with Crippen molar-refractivity contribution in [3.63, 3.8) is 0 Å². The summed E-state index contributed by atoms with van der Waals surface area (Å²) in [5.74, 6) is 7.26. The van der Waals surface area contributed by atoms with Gasteiger partial charge < -0.3 is 0 Å². The van der Waals surface area contributed by atoms with Crippen molar-refractivity contribution < 1.29 is 0 Å². The van der Waals surface area contributed by atoms with Gasteiger partial charge in [-0.3, -0.25) is 0 Å². The molecule has 0 N–H and O–H groups in total. The molecule has 0 nitrogen and oxygen atoms in total. The lowest BCUT2D eigenvalue weighted by Gasteiger charge is -1.96. The minimum atomic E-state index is 0.497. The number of hydrogen-bond donors (Lipinski definition) is 0. The normalized spacial score (nSPS) is 12.0. The summed E-state index contributed by atoms with van der Waals surface area (Å²) < 4.78 is 0. The van der Waals surface area contributed by atoms with Crippen LogP contribution in [0.5, 0.6) is 0 Å². The smallest absolute Gasteiger partial charge is 0.0149 e. The minimum absolute atomic E-state index is 0.497. The summed E-state index contributed by atoms with van der Waals surface area (Å²) in [6.07, 6.45) is 2.89. The van der Waals surface area contributed by atoms with E-state index >= 15 is 0 Å².